The number of anilines is 1. The number of benzene rings is 1. The minimum absolute atomic E-state index is 0.0865. The fourth-order valence-electron chi connectivity index (χ4n) is 2.33. The first-order valence-electron chi connectivity index (χ1n) is 8.57. The highest BCUT2D eigenvalue weighted by Gasteiger charge is 2.05. The molecule has 0 spiro atoms. The van der Waals surface area contributed by atoms with Crippen LogP contribution in [0.1, 0.15) is 12.5 Å². The summed E-state index contributed by atoms with van der Waals surface area (Å²) in [6.45, 7) is 2.27. The lowest BCUT2D eigenvalue weighted by Crippen LogP contribution is -2.37. The van der Waals surface area contributed by atoms with Crippen LogP contribution in [0.3, 0.4) is 0 Å². The molecule has 0 aliphatic carbocycles. The van der Waals surface area contributed by atoms with Gasteiger partial charge in [-0.2, -0.15) is 0 Å². The summed E-state index contributed by atoms with van der Waals surface area (Å²) in [6, 6.07) is 6.51. The Hall–Kier alpha value is -3.62. The van der Waals surface area contributed by atoms with E-state index < -0.39 is 17.2 Å². The van der Waals surface area contributed by atoms with Gasteiger partial charge in [0.2, 0.25) is 5.91 Å². The van der Waals surface area contributed by atoms with E-state index in [1.165, 1.54) is 37.0 Å². The summed E-state index contributed by atoms with van der Waals surface area (Å²) < 4.78 is 7.56. The topological polar surface area (TPSA) is 111 Å². The number of aromatic nitrogens is 2. The standard InChI is InChI=1S/C19H22N4O5/c1-4-20-17(25)12-28-15-8-6-14(7-9-15)21-16(24)10-5-13-11-22(2)19(27)23(3)18(13)26/h5-11H,4,12H2,1-3H3,(H,20,25)(H,21,24)/b10-5+. The van der Waals surface area contributed by atoms with Crippen molar-refractivity contribution in [3.8, 4) is 5.75 Å². The van der Waals surface area contributed by atoms with Crippen LogP contribution in [0.5, 0.6) is 5.75 Å². The predicted molar refractivity (Wildman–Crippen MR) is 105 cm³/mol. The molecule has 1 heterocycles. The fraction of sp³-hybridized carbons (Fsp3) is 0.263. The normalized spacial score (nSPS) is 10.7. The first-order valence-corrected chi connectivity index (χ1v) is 8.57. The number of likely N-dealkylation sites (N-methyl/N-ethyl adjacent to an activating group) is 1. The molecule has 148 valence electrons. The minimum Gasteiger partial charge on any atom is -0.484 e. The Morgan fingerprint density at radius 3 is 2.46 bits per heavy atom. The fourth-order valence-corrected chi connectivity index (χ4v) is 2.33. The molecule has 2 rings (SSSR count). The van der Waals surface area contributed by atoms with Gasteiger partial charge in [-0.3, -0.25) is 19.0 Å². The molecule has 0 aliphatic heterocycles. The van der Waals surface area contributed by atoms with Crippen LogP contribution >= 0.6 is 0 Å². The number of hydrogen-bond donors (Lipinski definition) is 2. The van der Waals surface area contributed by atoms with E-state index >= 15 is 0 Å². The summed E-state index contributed by atoms with van der Waals surface area (Å²) in [5.74, 6) is -0.157. The molecule has 1 aromatic carbocycles. The van der Waals surface area contributed by atoms with Crippen LogP contribution in [0, 0.1) is 0 Å². The van der Waals surface area contributed by atoms with Gasteiger partial charge in [0.15, 0.2) is 6.61 Å². The Labute approximate surface area is 161 Å². The van der Waals surface area contributed by atoms with E-state index in [-0.39, 0.29) is 18.1 Å². The number of carbonyl (C=O) groups excluding carboxylic acids is 2. The van der Waals surface area contributed by atoms with Crippen LogP contribution in [0.2, 0.25) is 0 Å². The monoisotopic (exact) mass is 386 g/mol. The first kappa shape index (κ1) is 20.7. The van der Waals surface area contributed by atoms with Gasteiger partial charge in [0.25, 0.3) is 11.5 Å². The van der Waals surface area contributed by atoms with E-state index in [9.17, 15) is 19.2 Å². The van der Waals surface area contributed by atoms with Crippen molar-refractivity contribution in [2.45, 2.75) is 6.92 Å². The van der Waals surface area contributed by atoms with Crippen molar-refractivity contribution in [2.24, 2.45) is 14.1 Å². The highest BCUT2D eigenvalue weighted by Crippen LogP contribution is 2.15. The predicted octanol–water partition coefficient (Wildman–Crippen LogP) is 0.251. The lowest BCUT2D eigenvalue weighted by atomic mass is 10.2. The van der Waals surface area contributed by atoms with Crippen molar-refractivity contribution in [2.75, 3.05) is 18.5 Å². The highest BCUT2D eigenvalue weighted by atomic mass is 16.5. The van der Waals surface area contributed by atoms with Crippen LogP contribution in [-0.4, -0.2) is 34.1 Å². The molecule has 0 radical (unpaired) electrons. The van der Waals surface area contributed by atoms with Crippen molar-refractivity contribution in [1.82, 2.24) is 14.5 Å². The molecule has 9 heteroatoms. The Kier molecular flexibility index (Phi) is 6.91. The molecule has 0 aliphatic rings. The van der Waals surface area contributed by atoms with Gasteiger partial charge in [0.1, 0.15) is 5.75 Å². The molecule has 0 bridgehead atoms. The number of ether oxygens (including phenoxy) is 1. The van der Waals surface area contributed by atoms with Gasteiger partial charge in [0, 0.05) is 38.6 Å². The molecule has 2 aromatic rings. The molecule has 2 N–H and O–H groups in total. The van der Waals surface area contributed by atoms with Gasteiger partial charge in [0.05, 0.1) is 5.56 Å². The number of carbonyl (C=O) groups is 2. The third-order valence-corrected chi connectivity index (χ3v) is 3.75. The molecule has 2 amide bonds. The van der Waals surface area contributed by atoms with E-state index in [0.717, 1.165) is 4.57 Å². The Balaban J connectivity index is 1.98. The summed E-state index contributed by atoms with van der Waals surface area (Å²) >= 11 is 0. The molecule has 0 saturated heterocycles. The number of nitrogens with one attached hydrogen (secondary N) is 2. The molecule has 0 fully saturated rings. The number of amides is 2. The molecular formula is C19H22N4O5. The average Bonchev–Trinajstić information content (AvgIpc) is 2.68. The maximum atomic E-state index is 12.0. The van der Waals surface area contributed by atoms with Gasteiger partial charge in [-0.1, -0.05) is 0 Å². The molecule has 9 nitrogen and oxygen atoms in total. The van der Waals surface area contributed by atoms with Crippen LogP contribution < -0.4 is 26.6 Å². The second-order valence-corrected chi connectivity index (χ2v) is 5.93. The maximum absolute atomic E-state index is 12.0. The highest BCUT2D eigenvalue weighted by molar-refractivity contribution is 6.01. The summed E-state index contributed by atoms with van der Waals surface area (Å²) in [5.41, 5.74) is -0.191. The molecule has 0 atom stereocenters. The molecule has 28 heavy (non-hydrogen) atoms. The third-order valence-electron chi connectivity index (χ3n) is 3.75. The van der Waals surface area contributed by atoms with Crippen LogP contribution in [-0.2, 0) is 23.7 Å². The van der Waals surface area contributed by atoms with E-state index in [2.05, 4.69) is 10.6 Å². The molecule has 1 aromatic heterocycles. The third kappa shape index (κ3) is 5.44. The van der Waals surface area contributed by atoms with Crippen molar-refractivity contribution in [1.29, 1.82) is 0 Å². The van der Waals surface area contributed by atoms with Crippen molar-refractivity contribution >= 4 is 23.6 Å². The number of aryl methyl sites for hydroxylation is 1. The summed E-state index contributed by atoms with van der Waals surface area (Å²) in [4.78, 5) is 47.1. The van der Waals surface area contributed by atoms with Gasteiger partial charge >= 0.3 is 5.69 Å². The molecule has 0 unspecified atom stereocenters. The van der Waals surface area contributed by atoms with E-state index in [0.29, 0.717) is 18.0 Å². The number of hydrogen-bond acceptors (Lipinski definition) is 5. The largest absolute Gasteiger partial charge is 0.484 e. The van der Waals surface area contributed by atoms with Crippen molar-refractivity contribution in [3.63, 3.8) is 0 Å². The second kappa shape index (κ2) is 9.36. The van der Waals surface area contributed by atoms with Crippen LogP contribution in [0.4, 0.5) is 5.69 Å². The number of rotatable bonds is 7. The summed E-state index contributed by atoms with van der Waals surface area (Å²) in [5, 5.41) is 5.27. The van der Waals surface area contributed by atoms with Gasteiger partial charge < -0.3 is 19.9 Å². The Morgan fingerprint density at radius 2 is 1.82 bits per heavy atom. The summed E-state index contributed by atoms with van der Waals surface area (Å²) in [6.07, 6.45) is 3.93. The average molecular weight is 386 g/mol. The second-order valence-electron chi connectivity index (χ2n) is 5.93. The maximum Gasteiger partial charge on any atom is 0.330 e. The van der Waals surface area contributed by atoms with Crippen LogP contribution in [0.25, 0.3) is 6.08 Å². The molecule has 0 saturated carbocycles. The lowest BCUT2D eigenvalue weighted by molar-refractivity contribution is -0.123. The SMILES string of the molecule is CCNC(=O)COc1ccc(NC(=O)/C=C/c2cn(C)c(=O)n(C)c2=O)cc1. The van der Waals surface area contributed by atoms with E-state index in [4.69, 9.17) is 4.74 Å². The minimum atomic E-state index is -0.485. The smallest absolute Gasteiger partial charge is 0.330 e. The zero-order valence-electron chi connectivity index (χ0n) is 15.9. The van der Waals surface area contributed by atoms with Crippen molar-refractivity contribution < 1.29 is 14.3 Å². The van der Waals surface area contributed by atoms with Gasteiger partial charge in [-0.05, 0) is 37.3 Å². The van der Waals surface area contributed by atoms with Gasteiger partial charge in [-0.15, -0.1) is 0 Å². The summed E-state index contributed by atoms with van der Waals surface area (Å²) in [7, 11) is 2.90. The first-order chi connectivity index (χ1) is 13.3. The van der Waals surface area contributed by atoms with Crippen molar-refractivity contribution in [3.05, 3.63) is 62.9 Å². The quantitative estimate of drug-likeness (QED) is 0.663. The van der Waals surface area contributed by atoms with E-state index in [1.54, 1.807) is 24.3 Å². The Bertz CT molecular complexity index is 1000. The lowest BCUT2D eigenvalue weighted by Gasteiger charge is -2.07. The zero-order chi connectivity index (χ0) is 20.7. The molecular weight excluding hydrogens is 364 g/mol. The van der Waals surface area contributed by atoms with Crippen LogP contribution in [0.15, 0.2) is 46.1 Å². The zero-order valence-corrected chi connectivity index (χ0v) is 15.9. The van der Waals surface area contributed by atoms with Gasteiger partial charge in [-0.25, -0.2) is 4.79 Å². The Morgan fingerprint density at radius 1 is 1.14 bits per heavy atom. The number of nitrogens with zero attached hydrogens (tertiary/aromatic N) is 2. The van der Waals surface area contributed by atoms with E-state index in [1.807, 2.05) is 6.92 Å².